The molecule has 2 heterocycles. The van der Waals surface area contributed by atoms with Gasteiger partial charge in [-0.1, -0.05) is 0 Å². The van der Waals surface area contributed by atoms with Crippen molar-refractivity contribution in [1.29, 1.82) is 0 Å². The topological polar surface area (TPSA) is 111 Å². The van der Waals surface area contributed by atoms with Crippen LogP contribution in [-0.2, 0) is 14.8 Å². The first kappa shape index (κ1) is 15.7. The Morgan fingerprint density at radius 3 is 2.70 bits per heavy atom. The summed E-state index contributed by atoms with van der Waals surface area (Å²) in [5.41, 5.74) is 2.93. The highest BCUT2D eigenvalue weighted by atomic mass is 32.2. The van der Waals surface area contributed by atoms with Gasteiger partial charge in [0, 0.05) is 24.1 Å². The zero-order valence-electron chi connectivity index (χ0n) is 12.5. The number of benzene rings is 1. The van der Waals surface area contributed by atoms with E-state index in [0.29, 0.717) is 11.3 Å². The van der Waals surface area contributed by atoms with Crippen molar-refractivity contribution in [2.24, 2.45) is 0 Å². The third kappa shape index (κ3) is 2.76. The summed E-state index contributed by atoms with van der Waals surface area (Å²) in [6.07, 6.45) is 1.75. The highest BCUT2D eigenvalue weighted by Gasteiger charge is 2.34. The summed E-state index contributed by atoms with van der Waals surface area (Å²) < 4.78 is 26.7. The average molecular weight is 335 g/mol. The van der Waals surface area contributed by atoms with Crippen LogP contribution in [0.1, 0.15) is 22.7 Å². The molecule has 1 aromatic carbocycles. The standard InChI is InChI=1S/C15H17N3O4S/c1-9-11(4-5-16-9)14-12-8-10(23(21,22)17-6-7-19)2-3-13(12)18-15(14)20/h2-5,8,14,16-17,19H,6-7H2,1H3,(H,18,20). The number of carbonyl (C=O) groups is 1. The molecule has 7 nitrogen and oxygen atoms in total. The minimum atomic E-state index is -3.72. The Hall–Kier alpha value is -2.16. The zero-order valence-corrected chi connectivity index (χ0v) is 13.3. The molecular formula is C15H17N3O4S. The Kier molecular flexibility index (Phi) is 3.97. The first-order chi connectivity index (χ1) is 10.9. The van der Waals surface area contributed by atoms with Crippen LogP contribution in [0, 0.1) is 6.92 Å². The third-order valence-electron chi connectivity index (χ3n) is 3.88. The molecule has 23 heavy (non-hydrogen) atoms. The molecular weight excluding hydrogens is 318 g/mol. The summed E-state index contributed by atoms with van der Waals surface area (Å²) in [5, 5.41) is 11.6. The maximum Gasteiger partial charge on any atom is 0.240 e. The molecule has 3 rings (SSSR count). The number of carbonyl (C=O) groups excluding carboxylic acids is 1. The number of sulfonamides is 1. The van der Waals surface area contributed by atoms with Gasteiger partial charge in [0.25, 0.3) is 0 Å². The van der Waals surface area contributed by atoms with Gasteiger partial charge in [-0.15, -0.1) is 0 Å². The number of hydrogen-bond acceptors (Lipinski definition) is 4. The lowest BCUT2D eigenvalue weighted by atomic mass is 9.93. The van der Waals surface area contributed by atoms with E-state index in [-0.39, 0.29) is 24.0 Å². The normalized spacial score (nSPS) is 17.1. The summed E-state index contributed by atoms with van der Waals surface area (Å²) in [6.45, 7) is 1.52. The van der Waals surface area contributed by atoms with Gasteiger partial charge >= 0.3 is 0 Å². The van der Waals surface area contributed by atoms with Gasteiger partial charge < -0.3 is 15.4 Å². The van der Waals surface area contributed by atoms with E-state index >= 15 is 0 Å². The van der Waals surface area contributed by atoms with Gasteiger partial charge in [0.2, 0.25) is 15.9 Å². The summed E-state index contributed by atoms with van der Waals surface area (Å²) in [7, 11) is -3.72. The summed E-state index contributed by atoms with van der Waals surface area (Å²) in [6, 6.07) is 6.35. The average Bonchev–Trinajstić information content (AvgIpc) is 3.06. The fourth-order valence-electron chi connectivity index (χ4n) is 2.76. The van der Waals surface area contributed by atoms with Crippen LogP contribution in [-0.4, -0.2) is 37.6 Å². The number of amides is 1. The smallest absolute Gasteiger partial charge is 0.240 e. The number of aliphatic hydroxyl groups excluding tert-OH is 1. The van der Waals surface area contributed by atoms with E-state index in [1.165, 1.54) is 12.1 Å². The fraction of sp³-hybridized carbons (Fsp3) is 0.267. The minimum absolute atomic E-state index is 0.0586. The van der Waals surface area contributed by atoms with Crippen molar-refractivity contribution < 1.29 is 18.3 Å². The predicted octanol–water partition coefficient (Wildman–Crippen LogP) is 0.678. The number of H-pyrrole nitrogens is 1. The Morgan fingerprint density at radius 1 is 1.26 bits per heavy atom. The second kappa shape index (κ2) is 5.80. The first-order valence-corrected chi connectivity index (χ1v) is 8.61. The number of aromatic amines is 1. The largest absolute Gasteiger partial charge is 0.395 e. The molecule has 0 radical (unpaired) electrons. The van der Waals surface area contributed by atoms with Crippen molar-refractivity contribution in [3.05, 3.63) is 47.3 Å². The van der Waals surface area contributed by atoms with Crippen molar-refractivity contribution in [3.8, 4) is 0 Å². The Morgan fingerprint density at radius 2 is 2.04 bits per heavy atom. The van der Waals surface area contributed by atoms with Gasteiger partial charge in [-0.05, 0) is 42.3 Å². The summed E-state index contributed by atoms with van der Waals surface area (Å²) in [5.74, 6) is -0.718. The molecule has 0 aliphatic carbocycles. The van der Waals surface area contributed by atoms with Gasteiger partial charge in [-0.25, -0.2) is 13.1 Å². The van der Waals surface area contributed by atoms with Gasteiger partial charge in [0.15, 0.2) is 0 Å². The Balaban J connectivity index is 2.05. The van der Waals surface area contributed by atoms with Crippen LogP contribution in [0.4, 0.5) is 5.69 Å². The maximum atomic E-state index is 12.3. The molecule has 0 spiro atoms. The molecule has 0 fully saturated rings. The van der Waals surface area contributed by atoms with Crippen molar-refractivity contribution >= 4 is 21.6 Å². The third-order valence-corrected chi connectivity index (χ3v) is 5.33. The Bertz CT molecular complexity index is 857. The number of fused-ring (bicyclic) bond motifs is 1. The Labute approximate surface area is 133 Å². The van der Waals surface area contributed by atoms with Crippen LogP contribution >= 0.6 is 0 Å². The zero-order chi connectivity index (χ0) is 16.6. The number of hydrogen-bond donors (Lipinski definition) is 4. The second-order valence-corrected chi connectivity index (χ2v) is 7.12. The highest BCUT2D eigenvalue weighted by Crippen LogP contribution is 2.39. The van der Waals surface area contributed by atoms with E-state index in [9.17, 15) is 13.2 Å². The van der Waals surface area contributed by atoms with Crippen LogP contribution in [0.3, 0.4) is 0 Å². The SMILES string of the molecule is Cc1[nH]ccc1C1C(=O)Nc2ccc(S(=O)(=O)NCCO)cc21. The van der Waals surface area contributed by atoms with Gasteiger partial charge in [-0.2, -0.15) is 0 Å². The molecule has 4 N–H and O–H groups in total. The van der Waals surface area contributed by atoms with E-state index in [2.05, 4.69) is 15.0 Å². The lowest BCUT2D eigenvalue weighted by Gasteiger charge is -2.11. The molecule has 0 bridgehead atoms. The molecule has 1 amide bonds. The van der Waals surface area contributed by atoms with Crippen molar-refractivity contribution in [1.82, 2.24) is 9.71 Å². The van der Waals surface area contributed by atoms with E-state index in [0.717, 1.165) is 11.3 Å². The number of rotatable bonds is 5. The molecule has 0 saturated heterocycles. The molecule has 122 valence electrons. The monoisotopic (exact) mass is 335 g/mol. The summed E-state index contributed by atoms with van der Waals surface area (Å²) >= 11 is 0. The predicted molar refractivity (Wildman–Crippen MR) is 84.7 cm³/mol. The maximum absolute atomic E-state index is 12.3. The van der Waals surface area contributed by atoms with Crippen molar-refractivity contribution in [3.63, 3.8) is 0 Å². The lowest BCUT2D eigenvalue weighted by molar-refractivity contribution is -0.116. The first-order valence-electron chi connectivity index (χ1n) is 7.13. The molecule has 1 aliphatic rings. The second-order valence-electron chi connectivity index (χ2n) is 5.35. The highest BCUT2D eigenvalue weighted by molar-refractivity contribution is 7.89. The number of nitrogens with one attached hydrogen (secondary N) is 3. The van der Waals surface area contributed by atoms with Gasteiger partial charge in [0.05, 0.1) is 17.4 Å². The van der Waals surface area contributed by atoms with Crippen LogP contribution in [0.25, 0.3) is 0 Å². The van der Waals surface area contributed by atoms with E-state index < -0.39 is 15.9 Å². The van der Waals surface area contributed by atoms with E-state index in [1.807, 2.05) is 13.0 Å². The van der Waals surface area contributed by atoms with Crippen LogP contribution in [0.2, 0.25) is 0 Å². The molecule has 8 heteroatoms. The van der Waals surface area contributed by atoms with Gasteiger partial charge in [0.1, 0.15) is 0 Å². The molecule has 1 unspecified atom stereocenters. The van der Waals surface area contributed by atoms with Crippen molar-refractivity contribution in [2.75, 3.05) is 18.5 Å². The van der Waals surface area contributed by atoms with E-state index in [4.69, 9.17) is 5.11 Å². The minimum Gasteiger partial charge on any atom is -0.395 e. The number of anilines is 1. The number of aliphatic hydroxyl groups is 1. The molecule has 1 aliphatic heterocycles. The van der Waals surface area contributed by atoms with E-state index in [1.54, 1.807) is 12.3 Å². The molecule has 2 aromatic rings. The summed E-state index contributed by atoms with van der Waals surface area (Å²) in [4.78, 5) is 15.4. The van der Waals surface area contributed by atoms with Crippen LogP contribution in [0.15, 0.2) is 35.4 Å². The molecule has 1 atom stereocenters. The van der Waals surface area contributed by atoms with Crippen molar-refractivity contribution in [2.45, 2.75) is 17.7 Å². The van der Waals surface area contributed by atoms with Gasteiger partial charge in [-0.3, -0.25) is 4.79 Å². The van der Waals surface area contributed by atoms with Crippen LogP contribution in [0.5, 0.6) is 0 Å². The number of aryl methyl sites for hydroxylation is 1. The number of aromatic nitrogens is 1. The fourth-order valence-corrected chi connectivity index (χ4v) is 3.81. The molecule has 1 aromatic heterocycles. The lowest BCUT2D eigenvalue weighted by Crippen LogP contribution is -2.26. The quantitative estimate of drug-likeness (QED) is 0.644. The van der Waals surface area contributed by atoms with Crippen LogP contribution < -0.4 is 10.0 Å². The molecule has 0 saturated carbocycles.